The van der Waals surface area contributed by atoms with Gasteiger partial charge in [-0.2, -0.15) is 5.26 Å². The molecule has 1 N–H and O–H groups in total. The first-order valence-corrected chi connectivity index (χ1v) is 11.0. The first-order valence-electron chi connectivity index (χ1n) is 11.0. The number of nitrogens with zero attached hydrogens (tertiary/aromatic N) is 3. The van der Waals surface area contributed by atoms with Crippen LogP contribution in [0.5, 0.6) is 0 Å². The molecule has 172 valence electrons. The number of amides is 1. The summed E-state index contributed by atoms with van der Waals surface area (Å²) in [6.07, 6.45) is 1.13. The molecule has 1 saturated heterocycles. The fourth-order valence-electron chi connectivity index (χ4n) is 4.14. The molecule has 34 heavy (non-hydrogen) atoms. The third kappa shape index (κ3) is 5.30. The predicted octanol–water partition coefficient (Wildman–Crippen LogP) is 4.72. The van der Waals surface area contributed by atoms with Gasteiger partial charge in [0, 0.05) is 38.4 Å². The van der Waals surface area contributed by atoms with Crippen molar-refractivity contribution in [2.24, 2.45) is 0 Å². The molecule has 3 aromatic carbocycles. The topological polar surface area (TPSA) is 59.4 Å². The van der Waals surface area contributed by atoms with Gasteiger partial charge in [-0.05, 0) is 23.3 Å². The van der Waals surface area contributed by atoms with Crippen molar-refractivity contribution in [3.8, 4) is 6.07 Å². The summed E-state index contributed by atoms with van der Waals surface area (Å²) in [5, 5.41) is 12.0. The van der Waals surface area contributed by atoms with Crippen LogP contribution < -0.4 is 5.32 Å². The number of nitrogens with one attached hydrogen (secondary N) is 1. The molecule has 0 bridgehead atoms. The molecule has 3 aromatic rings. The summed E-state index contributed by atoms with van der Waals surface area (Å²) in [5.41, 5.74) is 2.04. The molecule has 1 aliphatic heterocycles. The van der Waals surface area contributed by atoms with Crippen LogP contribution in [0.1, 0.15) is 17.2 Å². The third-order valence-electron chi connectivity index (χ3n) is 5.85. The number of halogens is 2. The number of piperazine rings is 1. The summed E-state index contributed by atoms with van der Waals surface area (Å²) in [5.74, 6) is -1.74. The van der Waals surface area contributed by atoms with E-state index in [9.17, 15) is 18.8 Å². The Hall–Kier alpha value is -4.02. The van der Waals surface area contributed by atoms with E-state index < -0.39 is 17.5 Å². The van der Waals surface area contributed by atoms with Crippen molar-refractivity contribution in [2.45, 2.75) is 6.04 Å². The largest absolute Gasteiger partial charge is 0.358 e. The van der Waals surface area contributed by atoms with Gasteiger partial charge in [0.2, 0.25) is 0 Å². The summed E-state index contributed by atoms with van der Waals surface area (Å²) in [4.78, 5) is 16.9. The zero-order chi connectivity index (χ0) is 23.9. The smallest absolute Gasteiger partial charge is 0.266 e. The van der Waals surface area contributed by atoms with Crippen molar-refractivity contribution in [1.82, 2.24) is 9.80 Å². The fraction of sp³-hybridized carbons (Fsp3) is 0.185. The normalized spacial score (nSPS) is 14.6. The number of hydrogen-bond donors (Lipinski definition) is 1. The molecule has 0 aliphatic carbocycles. The third-order valence-corrected chi connectivity index (χ3v) is 5.85. The molecule has 4 rings (SSSR count). The maximum absolute atomic E-state index is 13.8. The molecule has 1 fully saturated rings. The van der Waals surface area contributed by atoms with Crippen molar-refractivity contribution in [2.75, 3.05) is 31.5 Å². The Morgan fingerprint density at radius 2 is 1.50 bits per heavy atom. The first-order chi connectivity index (χ1) is 16.6. The van der Waals surface area contributed by atoms with Gasteiger partial charge in [0.05, 0.1) is 11.7 Å². The second-order valence-corrected chi connectivity index (χ2v) is 7.99. The predicted molar refractivity (Wildman–Crippen MR) is 127 cm³/mol. The molecule has 0 aromatic heterocycles. The Labute approximate surface area is 197 Å². The molecular weight excluding hydrogens is 434 g/mol. The molecule has 7 heteroatoms. The number of carbonyl (C=O) groups is 1. The number of anilines is 1. The lowest BCUT2D eigenvalue weighted by atomic mass is 9.96. The van der Waals surface area contributed by atoms with Gasteiger partial charge in [0.1, 0.15) is 23.3 Å². The maximum Gasteiger partial charge on any atom is 0.266 e. The van der Waals surface area contributed by atoms with Crippen molar-refractivity contribution >= 4 is 11.6 Å². The molecule has 0 saturated carbocycles. The number of nitriles is 1. The standard InChI is InChI=1S/C27H24F2N4O/c28-23-11-12-24(29)25(17-23)31-19-22(18-30)27(34)33-15-13-32(14-16-33)26(20-7-3-1-4-8-20)21-9-5-2-6-10-21/h1-12,17,19,26,31H,13-16H2/b22-19-. The van der Waals surface area contributed by atoms with Crippen LogP contribution in [0.2, 0.25) is 0 Å². The Kier molecular flexibility index (Phi) is 7.31. The van der Waals surface area contributed by atoms with E-state index in [2.05, 4.69) is 34.5 Å². The van der Waals surface area contributed by atoms with E-state index in [4.69, 9.17) is 0 Å². The van der Waals surface area contributed by atoms with Crippen molar-refractivity contribution < 1.29 is 13.6 Å². The van der Waals surface area contributed by atoms with E-state index in [0.29, 0.717) is 26.2 Å². The molecule has 1 heterocycles. The molecule has 0 radical (unpaired) electrons. The Balaban J connectivity index is 1.46. The highest BCUT2D eigenvalue weighted by atomic mass is 19.1. The summed E-state index contributed by atoms with van der Waals surface area (Å²) in [7, 11) is 0. The van der Waals surface area contributed by atoms with Gasteiger partial charge >= 0.3 is 0 Å². The fourth-order valence-corrected chi connectivity index (χ4v) is 4.14. The minimum absolute atomic E-state index is 0.0586. The lowest BCUT2D eigenvalue weighted by molar-refractivity contribution is -0.128. The molecule has 0 atom stereocenters. The van der Waals surface area contributed by atoms with Gasteiger partial charge in [-0.1, -0.05) is 60.7 Å². The molecule has 5 nitrogen and oxygen atoms in total. The molecule has 1 aliphatic rings. The highest BCUT2D eigenvalue weighted by Crippen LogP contribution is 2.29. The van der Waals surface area contributed by atoms with Crippen LogP contribution >= 0.6 is 0 Å². The van der Waals surface area contributed by atoms with Gasteiger partial charge < -0.3 is 10.2 Å². The monoisotopic (exact) mass is 458 g/mol. The van der Waals surface area contributed by atoms with Crippen LogP contribution in [0.4, 0.5) is 14.5 Å². The van der Waals surface area contributed by atoms with Crippen molar-refractivity contribution in [1.29, 1.82) is 5.26 Å². The van der Waals surface area contributed by atoms with Crippen LogP contribution in [0.25, 0.3) is 0 Å². The number of hydrogen-bond acceptors (Lipinski definition) is 4. The first kappa shape index (κ1) is 23.1. The average Bonchev–Trinajstić information content (AvgIpc) is 2.88. The Bertz CT molecular complexity index is 1160. The van der Waals surface area contributed by atoms with Gasteiger partial charge in [0.25, 0.3) is 5.91 Å². The number of rotatable bonds is 6. The Morgan fingerprint density at radius 1 is 0.912 bits per heavy atom. The zero-order valence-corrected chi connectivity index (χ0v) is 18.5. The summed E-state index contributed by atoms with van der Waals surface area (Å²) in [6, 6.07) is 25.3. The van der Waals surface area contributed by atoms with E-state index >= 15 is 0 Å². The van der Waals surface area contributed by atoms with Gasteiger partial charge in [-0.25, -0.2) is 8.78 Å². The van der Waals surface area contributed by atoms with Crippen molar-refractivity contribution in [3.05, 3.63) is 113 Å². The van der Waals surface area contributed by atoms with Crippen LogP contribution in [-0.2, 0) is 4.79 Å². The summed E-state index contributed by atoms with van der Waals surface area (Å²) >= 11 is 0. The highest BCUT2D eigenvalue weighted by molar-refractivity contribution is 5.97. The lowest BCUT2D eigenvalue weighted by Gasteiger charge is -2.39. The minimum Gasteiger partial charge on any atom is -0.358 e. The minimum atomic E-state index is -0.677. The number of carbonyl (C=O) groups excluding carboxylic acids is 1. The van der Waals surface area contributed by atoms with Crippen LogP contribution in [0, 0.1) is 23.0 Å². The quantitative estimate of drug-likeness (QED) is 0.429. The Morgan fingerprint density at radius 3 is 2.06 bits per heavy atom. The summed E-state index contributed by atoms with van der Waals surface area (Å²) in [6.45, 7) is 2.15. The number of benzene rings is 3. The average molecular weight is 459 g/mol. The second kappa shape index (κ2) is 10.7. The molecule has 1 amide bonds. The van der Waals surface area contributed by atoms with Crippen LogP contribution in [0.15, 0.2) is 90.6 Å². The van der Waals surface area contributed by atoms with E-state index in [1.807, 2.05) is 42.5 Å². The van der Waals surface area contributed by atoms with Crippen molar-refractivity contribution in [3.63, 3.8) is 0 Å². The van der Waals surface area contributed by atoms with E-state index in [1.165, 1.54) is 11.1 Å². The molecule has 0 unspecified atom stereocenters. The van der Waals surface area contributed by atoms with E-state index in [0.717, 1.165) is 24.4 Å². The van der Waals surface area contributed by atoms with E-state index in [-0.39, 0.29) is 17.3 Å². The molecule has 0 spiro atoms. The second-order valence-electron chi connectivity index (χ2n) is 7.99. The van der Waals surface area contributed by atoms with Crippen LogP contribution in [-0.4, -0.2) is 41.9 Å². The van der Waals surface area contributed by atoms with Gasteiger partial charge in [0.15, 0.2) is 0 Å². The van der Waals surface area contributed by atoms with Gasteiger partial charge in [-0.15, -0.1) is 0 Å². The summed E-state index contributed by atoms with van der Waals surface area (Å²) < 4.78 is 27.2. The van der Waals surface area contributed by atoms with Gasteiger partial charge in [-0.3, -0.25) is 9.69 Å². The SMILES string of the molecule is N#C/C(=C/Nc1cc(F)ccc1F)C(=O)N1CCN(C(c2ccccc2)c2ccccc2)CC1. The maximum atomic E-state index is 13.8. The molecular formula is C27H24F2N4O. The highest BCUT2D eigenvalue weighted by Gasteiger charge is 2.29. The lowest BCUT2D eigenvalue weighted by Crippen LogP contribution is -2.50. The van der Waals surface area contributed by atoms with Crippen LogP contribution in [0.3, 0.4) is 0 Å². The zero-order valence-electron chi connectivity index (χ0n) is 18.5. The van der Waals surface area contributed by atoms with E-state index in [1.54, 1.807) is 4.90 Å².